The van der Waals surface area contributed by atoms with Crippen molar-refractivity contribution in [1.29, 1.82) is 0 Å². The summed E-state index contributed by atoms with van der Waals surface area (Å²) in [5, 5.41) is 2.47. The van der Waals surface area contributed by atoms with Gasteiger partial charge in [-0.1, -0.05) is 55.1 Å². The topological polar surface area (TPSA) is 58.6 Å². The molecule has 1 saturated heterocycles. The minimum absolute atomic E-state index is 0.0399. The molecule has 0 unspecified atom stereocenters. The molecule has 0 atom stereocenters. The summed E-state index contributed by atoms with van der Waals surface area (Å²) in [5.74, 6) is -0.351. The second-order valence-corrected chi connectivity index (χ2v) is 7.23. The number of nitrogens with one attached hydrogen (secondary N) is 1. The quantitative estimate of drug-likeness (QED) is 0.810. The van der Waals surface area contributed by atoms with Crippen LogP contribution in [0.3, 0.4) is 0 Å². The molecule has 0 saturated carbocycles. The maximum Gasteiger partial charge on any atom is 0.407 e. The van der Waals surface area contributed by atoms with E-state index < -0.39 is 11.8 Å². The van der Waals surface area contributed by atoms with Crippen molar-refractivity contribution in [3.8, 4) is 11.1 Å². The van der Waals surface area contributed by atoms with E-state index in [1.54, 1.807) is 0 Å². The number of alkyl halides is 1. The van der Waals surface area contributed by atoms with Crippen molar-refractivity contribution in [1.82, 2.24) is 10.2 Å². The first-order valence-electron chi connectivity index (χ1n) is 9.20. The van der Waals surface area contributed by atoms with Gasteiger partial charge in [0.05, 0.1) is 19.6 Å². The van der Waals surface area contributed by atoms with E-state index in [4.69, 9.17) is 4.74 Å². The Kier molecular flexibility index (Phi) is 4.63. The summed E-state index contributed by atoms with van der Waals surface area (Å²) in [5.41, 5.74) is 2.92. The van der Waals surface area contributed by atoms with E-state index in [1.807, 2.05) is 36.4 Å². The first-order valence-corrected chi connectivity index (χ1v) is 9.20. The Morgan fingerprint density at radius 1 is 1.14 bits per heavy atom. The fraction of sp³-hybridized carbons (Fsp3) is 0.273. The number of halogens is 1. The van der Waals surface area contributed by atoms with Gasteiger partial charge in [-0.25, -0.2) is 9.18 Å². The number of carbonyl (C=O) groups excluding carboxylic acids is 2. The molecule has 0 bridgehead atoms. The third kappa shape index (κ3) is 3.26. The second kappa shape index (κ2) is 7.11. The Morgan fingerprint density at radius 3 is 2.29 bits per heavy atom. The van der Waals surface area contributed by atoms with Crippen LogP contribution >= 0.6 is 0 Å². The molecule has 5 nitrogen and oxygen atoms in total. The molecule has 0 aromatic heterocycles. The van der Waals surface area contributed by atoms with Crippen molar-refractivity contribution in [2.75, 3.05) is 26.2 Å². The fourth-order valence-corrected chi connectivity index (χ4v) is 3.91. The zero-order chi connectivity index (χ0) is 19.7. The van der Waals surface area contributed by atoms with Gasteiger partial charge in [-0.05, 0) is 28.3 Å². The van der Waals surface area contributed by atoms with E-state index in [1.165, 1.54) is 4.90 Å². The average molecular weight is 380 g/mol. The highest BCUT2D eigenvalue weighted by Gasteiger charge is 2.45. The molecule has 28 heavy (non-hydrogen) atoms. The van der Waals surface area contributed by atoms with Crippen molar-refractivity contribution >= 4 is 12.0 Å². The molecule has 144 valence electrons. The number of nitrogens with zero attached hydrogens (tertiary/aromatic N) is 1. The predicted octanol–water partition coefficient (Wildman–Crippen LogP) is 3.26. The largest absolute Gasteiger partial charge is 0.449 e. The molecular formula is C22H21FN2O3. The molecular weight excluding hydrogens is 359 g/mol. The minimum Gasteiger partial charge on any atom is -0.449 e. The van der Waals surface area contributed by atoms with Crippen LogP contribution in [0, 0.1) is 0 Å². The molecule has 0 spiro atoms. The van der Waals surface area contributed by atoms with E-state index in [0.29, 0.717) is 0 Å². The lowest BCUT2D eigenvalue weighted by Gasteiger charge is -2.43. The average Bonchev–Trinajstić information content (AvgIpc) is 3.02. The molecule has 2 aromatic carbocycles. The van der Waals surface area contributed by atoms with E-state index in [9.17, 15) is 14.0 Å². The van der Waals surface area contributed by atoms with Crippen LogP contribution in [0.25, 0.3) is 11.1 Å². The molecule has 1 fully saturated rings. The van der Waals surface area contributed by atoms with Crippen molar-refractivity contribution < 1.29 is 18.7 Å². The summed E-state index contributed by atoms with van der Waals surface area (Å²) < 4.78 is 19.8. The summed E-state index contributed by atoms with van der Waals surface area (Å²) in [6.07, 6.45) is 0.492. The van der Waals surface area contributed by atoms with Crippen LogP contribution in [-0.2, 0) is 9.53 Å². The van der Waals surface area contributed by atoms with Gasteiger partial charge in [0.2, 0.25) is 5.91 Å². The highest BCUT2D eigenvalue weighted by Crippen LogP contribution is 2.44. The van der Waals surface area contributed by atoms with Crippen LogP contribution in [0.1, 0.15) is 17.0 Å². The van der Waals surface area contributed by atoms with Gasteiger partial charge in [-0.3, -0.25) is 4.79 Å². The molecule has 2 aromatic rings. The number of likely N-dealkylation sites (tertiary alicyclic amines) is 1. The van der Waals surface area contributed by atoms with Gasteiger partial charge in [0.25, 0.3) is 0 Å². The van der Waals surface area contributed by atoms with Gasteiger partial charge in [-0.15, -0.1) is 0 Å². The highest BCUT2D eigenvalue weighted by atomic mass is 19.1. The van der Waals surface area contributed by atoms with Gasteiger partial charge in [0.15, 0.2) is 5.67 Å². The molecule has 1 aliphatic carbocycles. The fourth-order valence-electron chi connectivity index (χ4n) is 3.91. The molecule has 1 N–H and O–H groups in total. The Labute approximate surface area is 162 Å². The third-order valence-electron chi connectivity index (χ3n) is 5.33. The molecule has 4 rings (SSSR count). The van der Waals surface area contributed by atoms with Crippen LogP contribution in [-0.4, -0.2) is 48.8 Å². The van der Waals surface area contributed by atoms with Gasteiger partial charge in [0, 0.05) is 5.92 Å². The van der Waals surface area contributed by atoms with Crippen molar-refractivity contribution in [2.45, 2.75) is 11.6 Å². The van der Waals surface area contributed by atoms with Crippen molar-refractivity contribution in [3.63, 3.8) is 0 Å². The monoisotopic (exact) mass is 380 g/mol. The van der Waals surface area contributed by atoms with Crippen LogP contribution in [0.15, 0.2) is 61.2 Å². The van der Waals surface area contributed by atoms with E-state index in [-0.39, 0.29) is 38.1 Å². The minimum atomic E-state index is -1.62. The maximum atomic E-state index is 14.5. The van der Waals surface area contributed by atoms with Crippen LogP contribution < -0.4 is 5.32 Å². The van der Waals surface area contributed by atoms with E-state index in [2.05, 4.69) is 24.0 Å². The van der Waals surface area contributed by atoms with Crippen LogP contribution in [0.2, 0.25) is 0 Å². The van der Waals surface area contributed by atoms with E-state index in [0.717, 1.165) is 28.3 Å². The summed E-state index contributed by atoms with van der Waals surface area (Å²) >= 11 is 0. The van der Waals surface area contributed by atoms with Crippen LogP contribution in [0.4, 0.5) is 9.18 Å². The van der Waals surface area contributed by atoms with Gasteiger partial charge in [-0.2, -0.15) is 0 Å². The molecule has 6 heteroatoms. The first-order chi connectivity index (χ1) is 13.5. The number of rotatable bonds is 5. The highest BCUT2D eigenvalue weighted by molar-refractivity contribution is 5.88. The van der Waals surface area contributed by atoms with Crippen molar-refractivity contribution in [3.05, 3.63) is 72.3 Å². The number of amides is 2. The number of fused-ring (bicyclic) bond motifs is 3. The zero-order valence-corrected chi connectivity index (χ0v) is 15.4. The summed E-state index contributed by atoms with van der Waals surface area (Å²) in [4.78, 5) is 24.8. The lowest BCUT2D eigenvalue weighted by molar-refractivity contribution is -0.139. The zero-order valence-electron chi connectivity index (χ0n) is 15.4. The summed E-state index contributed by atoms with van der Waals surface area (Å²) in [6, 6.07) is 16.1. The van der Waals surface area contributed by atoms with Crippen LogP contribution in [0.5, 0.6) is 0 Å². The molecule has 2 aliphatic rings. The van der Waals surface area contributed by atoms with Gasteiger partial charge in [0.1, 0.15) is 6.61 Å². The Morgan fingerprint density at radius 2 is 1.71 bits per heavy atom. The normalized spacial score (nSPS) is 16.5. The maximum absolute atomic E-state index is 14.5. The first kappa shape index (κ1) is 18.2. The molecule has 1 heterocycles. The lowest BCUT2D eigenvalue weighted by Crippen LogP contribution is -2.64. The SMILES string of the molecule is C=CC(=O)N1CC(F)(CNC(=O)OCC2c3ccccc3-c3ccccc32)C1. The lowest BCUT2D eigenvalue weighted by atomic mass is 9.96. The molecule has 1 aliphatic heterocycles. The Bertz CT molecular complexity index is 891. The summed E-state index contributed by atoms with van der Waals surface area (Å²) in [7, 11) is 0. The second-order valence-electron chi connectivity index (χ2n) is 7.23. The van der Waals surface area contributed by atoms with Crippen molar-refractivity contribution in [2.24, 2.45) is 0 Å². The molecule has 0 radical (unpaired) electrons. The number of hydrogen-bond acceptors (Lipinski definition) is 3. The van der Waals surface area contributed by atoms with Gasteiger partial charge < -0.3 is 15.0 Å². The third-order valence-corrected chi connectivity index (χ3v) is 5.33. The Hall–Kier alpha value is -3.15. The standard InChI is InChI=1S/C22H21FN2O3/c1-2-20(26)25-13-22(23,14-25)12-24-21(27)28-11-19-17-9-5-3-7-15(17)16-8-4-6-10-18(16)19/h2-10,19H,1,11-14H2,(H,24,27). The van der Waals surface area contributed by atoms with Gasteiger partial charge >= 0.3 is 6.09 Å². The number of carbonyl (C=O) groups is 2. The number of hydrogen-bond donors (Lipinski definition) is 1. The molecule has 2 amide bonds. The number of ether oxygens (including phenoxy) is 1. The van der Waals surface area contributed by atoms with E-state index >= 15 is 0 Å². The smallest absolute Gasteiger partial charge is 0.407 e. The Balaban J connectivity index is 1.33. The number of alkyl carbamates (subject to hydrolysis) is 1. The number of benzene rings is 2. The predicted molar refractivity (Wildman–Crippen MR) is 104 cm³/mol. The summed E-state index contributed by atoms with van der Waals surface area (Å²) in [6.45, 7) is 3.26.